The molecule has 5 atom stereocenters. The lowest BCUT2D eigenvalue weighted by atomic mass is 9.96. The zero-order chi connectivity index (χ0) is 29.8. The third-order valence-electron chi connectivity index (χ3n) is 7.15. The van der Waals surface area contributed by atoms with Crippen molar-refractivity contribution in [2.75, 3.05) is 6.54 Å². The largest absolute Gasteiger partial charge is 0.480 e. The molecule has 0 fully saturated rings. The summed E-state index contributed by atoms with van der Waals surface area (Å²) in [4.78, 5) is 54.9. The first-order valence-electron chi connectivity index (χ1n) is 14.1. The molecule has 1 heterocycles. The maximum atomic E-state index is 13.6. The van der Waals surface area contributed by atoms with Crippen molar-refractivity contribution in [1.29, 1.82) is 0 Å². The molecular weight excluding hydrogens is 512 g/mol. The summed E-state index contributed by atoms with van der Waals surface area (Å²) >= 11 is 0. The first-order chi connectivity index (χ1) is 19.0. The molecule has 11 nitrogen and oxygen atoms in total. The van der Waals surface area contributed by atoms with Gasteiger partial charge in [0.05, 0.1) is 6.04 Å². The van der Waals surface area contributed by atoms with Crippen LogP contribution in [0, 0.1) is 11.8 Å². The molecule has 2 aromatic rings. The van der Waals surface area contributed by atoms with Crippen LogP contribution >= 0.6 is 0 Å². The molecule has 0 aliphatic carbocycles. The number of benzene rings is 1. The quantitative estimate of drug-likeness (QED) is 0.144. The highest BCUT2D eigenvalue weighted by Gasteiger charge is 2.33. The predicted molar refractivity (Wildman–Crippen MR) is 155 cm³/mol. The van der Waals surface area contributed by atoms with Gasteiger partial charge in [0.25, 0.3) is 0 Å². The first kappa shape index (κ1) is 32.8. The van der Waals surface area contributed by atoms with E-state index in [0.29, 0.717) is 25.8 Å². The van der Waals surface area contributed by atoms with Crippen LogP contribution in [-0.2, 0) is 25.6 Å². The number of aromatic amines is 1. The molecule has 0 aliphatic heterocycles. The summed E-state index contributed by atoms with van der Waals surface area (Å²) in [6.07, 6.45) is 4.60. The van der Waals surface area contributed by atoms with Gasteiger partial charge in [-0.15, -0.1) is 0 Å². The Morgan fingerprint density at radius 1 is 0.950 bits per heavy atom. The molecule has 0 bridgehead atoms. The second-order valence-corrected chi connectivity index (χ2v) is 10.9. The highest BCUT2D eigenvalue weighted by atomic mass is 16.4. The molecular formula is C29H46N6O5. The normalized spacial score (nSPS) is 15.2. The van der Waals surface area contributed by atoms with E-state index in [-0.39, 0.29) is 24.7 Å². The van der Waals surface area contributed by atoms with Crippen LogP contribution in [0.15, 0.2) is 30.5 Å². The van der Waals surface area contributed by atoms with Crippen molar-refractivity contribution in [2.24, 2.45) is 23.3 Å². The van der Waals surface area contributed by atoms with E-state index in [4.69, 9.17) is 11.5 Å². The van der Waals surface area contributed by atoms with Crippen LogP contribution in [0.4, 0.5) is 0 Å². The molecule has 0 radical (unpaired) electrons. The van der Waals surface area contributed by atoms with Crippen LogP contribution < -0.4 is 27.4 Å². The molecule has 1 aromatic heterocycles. The Bertz CT molecular complexity index is 1130. The van der Waals surface area contributed by atoms with E-state index >= 15 is 0 Å². The third-order valence-corrected chi connectivity index (χ3v) is 7.15. The Labute approximate surface area is 236 Å². The smallest absolute Gasteiger partial charge is 0.326 e. The Kier molecular flexibility index (Phi) is 13.1. The SMILES string of the molecule is CCC(C)C(NC(=O)C(N)CCCCN)C(=O)NC(Cc1c[nH]c2ccccc12)C(=O)NC(CC(C)C)C(=O)O. The van der Waals surface area contributed by atoms with Crippen molar-refractivity contribution in [3.05, 3.63) is 36.0 Å². The van der Waals surface area contributed by atoms with Crippen molar-refractivity contribution >= 4 is 34.6 Å². The zero-order valence-electron chi connectivity index (χ0n) is 24.0. The number of nitrogens with one attached hydrogen (secondary N) is 4. The number of hydrogen-bond acceptors (Lipinski definition) is 6. The molecule has 40 heavy (non-hydrogen) atoms. The molecule has 1 aromatic carbocycles. The van der Waals surface area contributed by atoms with Crippen LogP contribution in [0.3, 0.4) is 0 Å². The van der Waals surface area contributed by atoms with Gasteiger partial charge in [-0.1, -0.05) is 58.7 Å². The standard InChI is InChI=1S/C29H46N6O5/c1-5-18(4)25(35-26(36)21(31)11-8-9-13-30)28(38)33-23(27(37)34-24(29(39)40)14-17(2)3)15-19-16-32-22-12-7-6-10-20(19)22/h6-7,10,12,16-18,21,23-25,32H,5,8-9,11,13-15,30-31H2,1-4H3,(H,33,38)(H,34,37)(H,35,36)(H,39,40). The van der Waals surface area contributed by atoms with Gasteiger partial charge in [0, 0.05) is 23.5 Å². The Morgan fingerprint density at radius 3 is 2.25 bits per heavy atom. The van der Waals surface area contributed by atoms with Crippen molar-refractivity contribution in [3.8, 4) is 0 Å². The number of carboxylic acids is 1. The number of amides is 3. The minimum absolute atomic E-state index is 0.0297. The molecule has 0 saturated carbocycles. The van der Waals surface area contributed by atoms with Gasteiger partial charge in [-0.3, -0.25) is 14.4 Å². The fourth-order valence-electron chi connectivity index (χ4n) is 4.56. The summed E-state index contributed by atoms with van der Waals surface area (Å²) in [5, 5.41) is 18.7. The number of carbonyl (C=O) groups excluding carboxylic acids is 3. The third kappa shape index (κ3) is 9.63. The molecule has 0 aliphatic rings. The lowest BCUT2D eigenvalue weighted by Crippen LogP contribution is -2.59. The van der Waals surface area contributed by atoms with Gasteiger partial charge in [-0.2, -0.15) is 0 Å². The van der Waals surface area contributed by atoms with Crippen molar-refractivity contribution in [1.82, 2.24) is 20.9 Å². The number of aliphatic carboxylic acids is 1. The lowest BCUT2D eigenvalue weighted by molar-refractivity contribution is -0.142. The number of carboxylic acid groups (broad SMARTS) is 1. The van der Waals surface area contributed by atoms with Gasteiger partial charge in [0.15, 0.2) is 0 Å². The van der Waals surface area contributed by atoms with Gasteiger partial charge in [-0.25, -0.2) is 4.79 Å². The van der Waals surface area contributed by atoms with Crippen LogP contribution in [0.25, 0.3) is 10.9 Å². The summed E-state index contributed by atoms with van der Waals surface area (Å²) in [5.41, 5.74) is 13.2. The summed E-state index contributed by atoms with van der Waals surface area (Å²) in [7, 11) is 0. The summed E-state index contributed by atoms with van der Waals surface area (Å²) < 4.78 is 0. The predicted octanol–water partition coefficient (Wildman–Crippen LogP) is 1.80. The Morgan fingerprint density at radius 2 is 1.62 bits per heavy atom. The topological polar surface area (TPSA) is 192 Å². The molecule has 0 spiro atoms. The van der Waals surface area contributed by atoms with E-state index in [1.165, 1.54) is 0 Å². The highest BCUT2D eigenvalue weighted by molar-refractivity contribution is 5.95. The molecule has 11 heteroatoms. The monoisotopic (exact) mass is 558 g/mol. The van der Waals surface area contributed by atoms with E-state index in [0.717, 1.165) is 22.9 Å². The fraction of sp³-hybridized carbons (Fsp3) is 0.586. The molecule has 9 N–H and O–H groups in total. The lowest BCUT2D eigenvalue weighted by Gasteiger charge is -2.28. The number of hydrogen-bond donors (Lipinski definition) is 7. The molecule has 0 saturated heterocycles. The van der Waals surface area contributed by atoms with Gasteiger partial charge in [0.2, 0.25) is 17.7 Å². The second-order valence-electron chi connectivity index (χ2n) is 10.9. The molecule has 5 unspecified atom stereocenters. The molecule has 222 valence electrons. The Hall–Kier alpha value is -3.44. The number of fused-ring (bicyclic) bond motifs is 1. The minimum Gasteiger partial charge on any atom is -0.480 e. The van der Waals surface area contributed by atoms with E-state index in [9.17, 15) is 24.3 Å². The van der Waals surface area contributed by atoms with Crippen LogP contribution in [0.2, 0.25) is 0 Å². The highest BCUT2D eigenvalue weighted by Crippen LogP contribution is 2.20. The van der Waals surface area contributed by atoms with Gasteiger partial charge >= 0.3 is 5.97 Å². The number of unbranched alkanes of at least 4 members (excludes halogenated alkanes) is 1. The number of rotatable bonds is 17. The maximum absolute atomic E-state index is 13.6. The maximum Gasteiger partial charge on any atom is 0.326 e. The number of aromatic nitrogens is 1. The number of para-hydroxylation sites is 1. The summed E-state index contributed by atoms with van der Waals surface area (Å²) in [6, 6.07) is 3.67. The fourth-order valence-corrected chi connectivity index (χ4v) is 4.56. The van der Waals surface area contributed by atoms with E-state index in [2.05, 4.69) is 20.9 Å². The number of H-pyrrole nitrogens is 1. The second kappa shape index (κ2) is 16.0. The van der Waals surface area contributed by atoms with Crippen molar-refractivity contribution in [2.45, 2.75) is 90.4 Å². The average Bonchev–Trinajstić information content (AvgIpc) is 3.32. The van der Waals surface area contributed by atoms with E-state index < -0.39 is 47.9 Å². The zero-order valence-corrected chi connectivity index (χ0v) is 24.0. The van der Waals surface area contributed by atoms with Crippen molar-refractivity contribution < 1.29 is 24.3 Å². The average molecular weight is 559 g/mol. The number of carbonyl (C=O) groups is 4. The van der Waals surface area contributed by atoms with E-state index in [1.54, 1.807) is 6.20 Å². The van der Waals surface area contributed by atoms with Gasteiger partial charge in [-0.05, 0) is 49.3 Å². The van der Waals surface area contributed by atoms with Gasteiger partial charge < -0.3 is 37.5 Å². The molecule has 3 amide bonds. The first-order valence-corrected chi connectivity index (χ1v) is 14.1. The van der Waals surface area contributed by atoms with Crippen molar-refractivity contribution in [3.63, 3.8) is 0 Å². The minimum atomic E-state index is -1.15. The van der Waals surface area contributed by atoms with Crippen LogP contribution in [0.5, 0.6) is 0 Å². The van der Waals surface area contributed by atoms with Crippen LogP contribution in [0.1, 0.15) is 65.4 Å². The summed E-state index contributed by atoms with van der Waals surface area (Å²) in [5.74, 6) is -2.95. The molecule has 2 rings (SSSR count). The van der Waals surface area contributed by atoms with E-state index in [1.807, 2.05) is 52.0 Å². The summed E-state index contributed by atoms with van der Waals surface area (Å²) in [6.45, 7) is 7.98. The van der Waals surface area contributed by atoms with Gasteiger partial charge in [0.1, 0.15) is 18.1 Å². The van der Waals surface area contributed by atoms with Crippen LogP contribution in [-0.4, -0.2) is 64.5 Å². The Balaban J connectivity index is 2.30. The number of nitrogens with two attached hydrogens (primary N) is 2.